The summed E-state index contributed by atoms with van der Waals surface area (Å²) in [5, 5.41) is 0. The first kappa shape index (κ1) is 20.0. The van der Waals surface area contributed by atoms with Crippen LogP contribution in [-0.4, -0.2) is 60.6 Å². The SMILES string of the molecule is O=C(CCc1ccco1)N(CC1CCN(C2CCCC2)CC1)CC1CCCO1. The molecule has 0 radical (unpaired) electrons. The van der Waals surface area contributed by atoms with Crippen molar-refractivity contribution in [3.63, 3.8) is 0 Å². The van der Waals surface area contributed by atoms with E-state index >= 15 is 0 Å². The van der Waals surface area contributed by atoms with E-state index in [1.807, 2.05) is 12.1 Å². The molecule has 1 amide bonds. The van der Waals surface area contributed by atoms with E-state index in [-0.39, 0.29) is 12.0 Å². The molecule has 28 heavy (non-hydrogen) atoms. The smallest absolute Gasteiger partial charge is 0.223 e. The van der Waals surface area contributed by atoms with Gasteiger partial charge in [-0.15, -0.1) is 0 Å². The van der Waals surface area contributed by atoms with Gasteiger partial charge in [0.15, 0.2) is 0 Å². The zero-order chi connectivity index (χ0) is 19.2. The highest BCUT2D eigenvalue weighted by Gasteiger charge is 2.30. The second-order valence-corrected chi connectivity index (χ2v) is 8.93. The van der Waals surface area contributed by atoms with Crippen LogP contribution in [0.3, 0.4) is 0 Å². The predicted molar refractivity (Wildman–Crippen MR) is 109 cm³/mol. The third kappa shape index (κ3) is 5.38. The maximum atomic E-state index is 13.0. The molecule has 4 rings (SSSR count). The summed E-state index contributed by atoms with van der Waals surface area (Å²) in [5.41, 5.74) is 0. The summed E-state index contributed by atoms with van der Waals surface area (Å²) in [4.78, 5) is 17.8. The van der Waals surface area contributed by atoms with Crippen LogP contribution in [-0.2, 0) is 16.0 Å². The Labute approximate surface area is 169 Å². The van der Waals surface area contributed by atoms with Crippen LogP contribution in [0.25, 0.3) is 0 Å². The van der Waals surface area contributed by atoms with Gasteiger partial charge in [0, 0.05) is 38.6 Å². The Morgan fingerprint density at radius 2 is 1.89 bits per heavy atom. The van der Waals surface area contributed by atoms with Gasteiger partial charge in [-0.25, -0.2) is 0 Å². The molecule has 1 aromatic rings. The van der Waals surface area contributed by atoms with E-state index in [4.69, 9.17) is 9.15 Å². The van der Waals surface area contributed by atoms with Crippen molar-refractivity contribution in [2.45, 2.75) is 76.4 Å². The molecule has 0 spiro atoms. The van der Waals surface area contributed by atoms with Crippen LogP contribution < -0.4 is 0 Å². The topological polar surface area (TPSA) is 45.9 Å². The van der Waals surface area contributed by atoms with Crippen molar-refractivity contribution in [1.82, 2.24) is 9.80 Å². The first-order valence-electron chi connectivity index (χ1n) is 11.4. The van der Waals surface area contributed by atoms with Crippen LogP contribution in [0.5, 0.6) is 0 Å². The van der Waals surface area contributed by atoms with E-state index in [9.17, 15) is 4.79 Å². The number of rotatable bonds is 8. The highest BCUT2D eigenvalue weighted by atomic mass is 16.5. The fourth-order valence-corrected chi connectivity index (χ4v) is 5.24. The summed E-state index contributed by atoms with van der Waals surface area (Å²) in [7, 11) is 0. The molecule has 0 N–H and O–H groups in total. The van der Waals surface area contributed by atoms with Gasteiger partial charge in [0.05, 0.1) is 12.4 Å². The van der Waals surface area contributed by atoms with Gasteiger partial charge in [0.25, 0.3) is 0 Å². The number of furan rings is 1. The molecule has 0 aromatic carbocycles. The second kappa shape index (κ2) is 9.93. The minimum atomic E-state index is 0.228. The molecule has 3 heterocycles. The van der Waals surface area contributed by atoms with Crippen molar-refractivity contribution < 1.29 is 13.9 Å². The van der Waals surface area contributed by atoms with Crippen LogP contribution in [0, 0.1) is 5.92 Å². The lowest BCUT2D eigenvalue weighted by Crippen LogP contribution is -2.45. The standard InChI is InChI=1S/C23H36N2O3/c26-23(10-9-21-7-3-15-27-21)25(18-22-8-4-16-28-22)17-19-11-13-24(14-12-19)20-5-1-2-6-20/h3,7,15,19-20,22H,1-2,4-6,8-14,16-18H2. The monoisotopic (exact) mass is 388 g/mol. The lowest BCUT2D eigenvalue weighted by atomic mass is 9.94. The molecular formula is C23H36N2O3. The van der Waals surface area contributed by atoms with Crippen molar-refractivity contribution in [3.05, 3.63) is 24.2 Å². The number of carbonyl (C=O) groups is 1. The van der Waals surface area contributed by atoms with E-state index in [1.165, 1.54) is 51.6 Å². The summed E-state index contributed by atoms with van der Waals surface area (Å²) < 4.78 is 11.2. The summed E-state index contributed by atoms with van der Waals surface area (Å²) >= 11 is 0. The van der Waals surface area contributed by atoms with Gasteiger partial charge in [-0.3, -0.25) is 4.79 Å². The molecule has 1 aliphatic carbocycles. The molecule has 2 saturated heterocycles. The van der Waals surface area contributed by atoms with Gasteiger partial charge in [0.1, 0.15) is 5.76 Å². The molecule has 5 heteroatoms. The van der Waals surface area contributed by atoms with Crippen molar-refractivity contribution in [2.75, 3.05) is 32.8 Å². The summed E-state index contributed by atoms with van der Waals surface area (Å²) in [6.07, 6.45) is 13.4. The lowest BCUT2D eigenvalue weighted by molar-refractivity contribution is -0.133. The highest BCUT2D eigenvalue weighted by molar-refractivity contribution is 5.76. The third-order valence-corrected chi connectivity index (χ3v) is 6.93. The van der Waals surface area contributed by atoms with Crippen LogP contribution in [0.1, 0.15) is 63.5 Å². The second-order valence-electron chi connectivity index (χ2n) is 8.93. The number of hydrogen-bond donors (Lipinski definition) is 0. The van der Waals surface area contributed by atoms with Gasteiger partial charge in [-0.2, -0.15) is 0 Å². The molecule has 1 aromatic heterocycles. The molecule has 2 aliphatic heterocycles. The van der Waals surface area contributed by atoms with Gasteiger partial charge >= 0.3 is 0 Å². The molecule has 0 bridgehead atoms. The highest BCUT2D eigenvalue weighted by Crippen LogP contribution is 2.28. The summed E-state index contributed by atoms with van der Waals surface area (Å²) in [6, 6.07) is 4.68. The Balaban J connectivity index is 1.28. The van der Waals surface area contributed by atoms with Gasteiger partial charge in [-0.05, 0) is 69.7 Å². The predicted octanol–water partition coefficient (Wildman–Crippen LogP) is 3.87. The molecule has 1 atom stereocenters. The molecule has 1 unspecified atom stereocenters. The van der Waals surface area contributed by atoms with Crippen LogP contribution in [0.15, 0.2) is 22.8 Å². The Morgan fingerprint density at radius 1 is 1.07 bits per heavy atom. The minimum absolute atomic E-state index is 0.228. The number of carbonyl (C=O) groups excluding carboxylic acids is 1. The van der Waals surface area contributed by atoms with E-state index in [0.29, 0.717) is 18.8 Å². The fourth-order valence-electron chi connectivity index (χ4n) is 5.24. The van der Waals surface area contributed by atoms with Crippen molar-refractivity contribution in [3.8, 4) is 0 Å². The third-order valence-electron chi connectivity index (χ3n) is 6.93. The van der Waals surface area contributed by atoms with Crippen LogP contribution in [0.4, 0.5) is 0 Å². The molecule has 3 fully saturated rings. The number of ether oxygens (including phenoxy) is 1. The van der Waals surface area contributed by atoms with Gasteiger partial charge < -0.3 is 19.0 Å². The van der Waals surface area contributed by atoms with Crippen LogP contribution >= 0.6 is 0 Å². The van der Waals surface area contributed by atoms with E-state index in [2.05, 4.69) is 9.80 Å². The Bertz CT molecular complexity index is 583. The zero-order valence-electron chi connectivity index (χ0n) is 17.2. The molecule has 5 nitrogen and oxygen atoms in total. The van der Waals surface area contributed by atoms with Crippen molar-refractivity contribution in [2.24, 2.45) is 5.92 Å². The van der Waals surface area contributed by atoms with Crippen LogP contribution in [0.2, 0.25) is 0 Å². The molecule has 1 saturated carbocycles. The number of aryl methyl sites for hydroxylation is 1. The van der Waals surface area contributed by atoms with E-state index in [1.54, 1.807) is 6.26 Å². The normalized spacial score (nSPS) is 24.8. The minimum Gasteiger partial charge on any atom is -0.469 e. The Kier molecular flexibility index (Phi) is 7.08. The quantitative estimate of drug-likeness (QED) is 0.678. The number of amides is 1. The number of piperidine rings is 1. The summed E-state index contributed by atoms with van der Waals surface area (Å²) in [5.74, 6) is 1.78. The Morgan fingerprint density at radius 3 is 2.57 bits per heavy atom. The number of nitrogens with zero attached hydrogens (tertiary/aromatic N) is 2. The largest absolute Gasteiger partial charge is 0.469 e. The maximum Gasteiger partial charge on any atom is 0.223 e. The maximum absolute atomic E-state index is 13.0. The van der Waals surface area contributed by atoms with Crippen molar-refractivity contribution in [1.29, 1.82) is 0 Å². The summed E-state index contributed by atoms with van der Waals surface area (Å²) in [6.45, 7) is 4.93. The van der Waals surface area contributed by atoms with Crippen molar-refractivity contribution >= 4 is 5.91 Å². The number of likely N-dealkylation sites (tertiary alicyclic amines) is 1. The van der Waals surface area contributed by atoms with Gasteiger partial charge in [-0.1, -0.05) is 12.8 Å². The fraction of sp³-hybridized carbons (Fsp3) is 0.783. The molecule has 3 aliphatic rings. The van der Waals surface area contributed by atoms with Gasteiger partial charge in [0.2, 0.25) is 5.91 Å². The first-order valence-corrected chi connectivity index (χ1v) is 11.4. The zero-order valence-corrected chi connectivity index (χ0v) is 17.2. The Hall–Kier alpha value is -1.33. The van der Waals surface area contributed by atoms with E-state index < -0.39 is 0 Å². The molecular weight excluding hydrogens is 352 g/mol. The number of hydrogen-bond acceptors (Lipinski definition) is 4. The average Bonchev–Trinajstić information content (AvgIpc) is 3.50. The molecule has 156 valence electrons. The average molecular weight is 389 g/mol. The lowest BCUT2D eigenvalue weighted by Gasteiger charge is -2.38. The van der Waals surface area contributed by atoms with E-state index in [0.717, 1.165) is 44.3 Å². The first-order chi connectivity index (χ1) is 13.8.